The van der Waals surface area contributed by atoms with Gasteiger partial charge in [0.05, 0.1) is 6.54 Å². The number of carbonyl (C=O) groups excluding carboxylic acids is 4. The predicted molar refractivity (Wildman–Crippen MR) is 440 cm³/mol. The first-order valence-corrected chi connectivity index (χ1v) is 39.4. The summed E-state index contributed by atoms with van der Waals surface area (Å²) in [5.74, 6) is 15.7. The highest BCUT2D eigenvalue weighted by molar-refractivity contribution is 5.95. The summed E-state index contributed by atoms with van der Waals surface area (Å²) in [5.41, 5.74) is 8.34. The number of amides is 4. The molecule has 104 heavy (non-hydrogen) atoms. The number of pyridine rings is 1. The molecule has 7 heterocycles. The molecule has 0 radical (unpaired) electrons. The maximum absolute atomic E-state index is 12.5. The van der Waals surface area contributed by atoms with Crippen molar-refractivity contribution in [1.29, 1.82) is 0 Å². The van der Waals surface area contributed by atoms with E-state index in [1.807, 2.05) is 76.4 Å². The van der Waals surface area contributed by atoms with Gasteiger partial charge in [-0.25, -0.2) is 4.98 Å². The van der Waals surface area contributed by atoms with Crippen molar-refractivity contribution in [2.45, 2.75) is 239 Å². The summed E-state index contributed by atoms with van der Waals surface area (Å²) in [7, 11) is 0. The summed E-state index contributed by atoms with van der Waals surface area (Å²) in [5, 5.41) is 2.78. The van der Waals surface area contributed by atoms with E-state index in [1.165, 1.54) is 107 Å². The van der Waals surface area contributed by atoms with Crippen LogP contribution in [0.1, 0.15) is 264 Å². The van der Waals surface area contributed by atoms with Gasteiger partial charge in [-0.05, 0) is 212 Å². The zero-order valence-corrected chi connectivity index (χ0v) is 68.8. The number of hydrogen-bond donors (Lipinski definition) is 1. The molecule has 0 saturated carbocycles. The molecule has 1 aromatic heterocycles. The van der Waals surface area contributed by atoms with Gasteiger partial charge in [-0.15, -0.1) is 0 Å². The molecule has 10 rings (SSSR count). The van der Waals surface area contributed by atoms with E-state index < -0.39 is 0 Å². The van der Waals surface area contributed by atoms with Crippen molar-refractivity contribution in [3.05, 3.63) is 130 Å². The fourth-order valence-corrected chi connectivity index (χ4v) is 12.8. The average molecular weight is 1430 g/mol. The van der Waals surface area contributed by atoms with Crippen molar-refractivity contribution >= 4 is 29.4 Å². The van der Waals surface area contributed by atoms with Gasteiger partial charge in [-0.1, -0.05) is 171 Å². The molecule has 0 spiro atoms. The average Bonchev–Trinajstić information content (AvgIpc) is 0.821. The largest absolute Gasteiger partial charge is 0.357 e. The Hall–Kier alpha value is -6.55. The van der Waals surface area contributed by atoms with Gasteiger partial charge in [0.25, 0.3) is 17.7 Å². The Kier molecular flexibility index (Phi) is 36.4. The van der Waals surface area contributed by atoms with Crippen molar-refractivity contribution in [3.8, 4) is 23.7 Å². The minimum Gasteiger partial charge on any atom is -0.357 e. The summed E-state index contributed by atoms with van der Waals surface area (Å²) >= 11 is 0. The fourth-order valence-electron chi connectivity index (χ4n) is 12.8. The molecule has 0 aliphatic carbocycles. The first kappa shape index (κ1) is 89.8. The van der Waals surface area contributed by atoms with E-state index in [0.717, 1.165) is 114 Å². The van der Waals surface area contributed by atoms with E-state index in [9.17, 15) is 19.2 Å². The third-order valence-corrected chi connectivity index (χ3v) is 20.1. The van der Waals surface area contributed by atoms with Crippen LogP contribution in [0, 0.1) is 40.4 Å². The van der Waals surface area contributed by atoms with Crippen molar-refractivity contribution in [2.75, 3.05) is 136 Å². The van der Waals surface area contributed by atoms with Crippen molar-refractivity contribution < 1.29 is 19.2 Å². The summed E-state index contributed by atoms with van der Waals surface area (Å²) in [6.45, 7) is 67.8. The lowest BCUT2D eigenvalue weighted by Crippen LogP contribution is -2.61. The van der Waals surface area contributed by atoms with E-state index >= 15 is 0 Å². The van der Waals surface area contributed by atoms with Crippen LogP contribution in [-0.2, 0) is 26.5 Å². The van der Waals surface area contributed by atoms with Crippen LogP contribution in [0.4, 0.5) is 5.82 Å². The highest BCUT2D eigenvalue weighted by Gasteiger charge is 2.35. The lowest BCUT2D eigenvalue weighted by Gasteiger charge is -2.47. The SMILES string of the molecule is C.CC(=O)N1CC(N2CCC(C#CC(C)(C)C)CC2)C1.CC(C)(C)c1ccc(C(=O)N2CCCCC2)cc1.CC(C)(C)c1ccc(N2CCCCC2)nc1.CCN1CCN(C(=O)c2ccc(C(C)(C)C)cc2)CC1.CCN1CCN(CC#CC(C)(C)C)CC1.CCNC(=O)c1ccc(C(C)(C)C)cc1. The standard InChI is InChI=1S/C17H26N2O.C16H26N2O.C16H23NO.C14H22N2.C13H24N2.C13H19NO.CH4/c1-5-18-10-12-19(13-11-18)16(20)14-6-8-15(9-7-14)17(2,3)4;1-13(19)18-11-15(12-18)17-9-6-14(7-10-17)5-8-16(2,3)4;1-16(2,3)14-9-7-13(8-10-14)15(18)17-11-5-4-6-12-17;1-14(2,3)12-7-8-13(15-11-12)16-9-5-4-6-10-16;1-5-14-9-11-15(12-10-14)8-6-7-13(2,3)4;1-5-14-12(15)10-6-8-11(9-7-10)13(2,3)4;/h6-9H,5,10-13H2,1-4H3;14-15H,6-7,9-12H2,1-4H3;7-10H,4-6,11-12H2,1-3H3;7-8,11H,4-6,9-10H2,1-3H3;5,8-12H2,1-4H3;6-9H,5H2,1-4H3,(H,14,15);1H4. The number of carbonyl (C=O) groups is 4. The number of nitrogens with one attached hydrogen (secondary N) is 1. The molecule has 578 valence electrons. The normalized spacial score (nSPS) is 17.5. The molecule has 6 fully saturated rings. The van der Waals surface area contributed by atoms with Gasteiger partial charge < -0.3 is 34.7 Å². The molecule has 0 bridgehead atoms. The van der Waals surface area contributed by atoms with Crippen LogP contribution in [0.3, 0.4) is 0 Å². The maximum atomic E-state index is 12.5. The zero-order valence-electron chi connectivity index (χ0n) is 68.8. The summed E-state index contributed by atoms with van der Waals surface area (Å²) < 4.78 is 0. The highest BCUT2D eigenvalue weighted by Crippen LogP contribution is 2.29. The number of likely N-dealkylation sites (tertiary alicyclic amines) is 3. The van der Waals surface area contributed by atoms with Crippen LogP contribution < -0.4 is 10.2 Å². The molecule has 4 amide bonds. The van der Waals surface area contributed by atoms with E-state index in [2.05, 4.69) is 233 Å². The minimum absolute atomic E-state index is 0. The number of hydrogen-bond acceptors (Lipinski definition) is 10. The topological polar surface area (TPSA) is 119 Å². The van der Waals surface area contributed by atoms with Crippen molar-refractivity contribution in [2.24, 2.45) is 16.7 Å². The Labute approximate surface area is 635 Å². The van der Waals surface area contributed by atoms with Crippen LogP contribution in [0.25, 0.3) is 0 Å². The lowest BCUT2D eigenvalue weighted by atomic mass is 9.86. The number of rotatable bonds is 9. The molecule has 3 aromatic carbocycles. The van der Waals surface area contributed by atoms with Crippen LogP contribution >= 0.6 is 0 Å². The maximum Gasteiger partial charge on any atom is 0.253 e. The van der Waals surface area contributed by atoms with Crippen LogP contribution in [0.5, 0.6) is 0 Å². The molecule has 0 unspecified atom stereocenters. The molecule has 1 N–H and O–H groups in total. The Morgan fingerprint density at radius 2 is 0.827 bits per heavy atom. The number of piperazine rings is 2. The van der Waals surface area contributed by atoms with Crippen LogP contribution in [-0.4, -0.2) is 200 Å². The molecule has 6 aliphatic heterocycles. The molecular weight excluding hydrogens is 1290 g/mol. The van der Waals surface area contributed by atoms with Crippen LogP contribution in [0.2, 0.25) is 0 Å². The smallest absolute Gasteiger partial charge is 0.253 e. The number of nitrogens with zero attached hydrogens (tertiary/aromatic N) is 9. The molecule has 14 nitrogen and oxygen atoms in total. The number of anilines is 1. The molecule has 14 heteroatoms. The quantitative estimate of drug-likeness (QED) is 0.162. The van der Waals surface area contributed by atoms with Gasteiger partial charge in [-0.2, -0.15) is 0 Å². The van der Waals surface area contributed by atoms with Crippen LogP contribution in [0.15, 0.2) is 91.1 Å². The first-order valence-electron chi connectivity index (χ1n) is 39.4. The number of piperidine rings is 3. The molecule has 0 atom stereocenters. The summed E-state index contributed by atoms with van der Waals surface area (Å²) in [6.07, 6.45) is 11.9. The van der Waals surface area contributed by atoms with Gasteiger partial charge in [0, 0.05) is 151 Å². The highest BCUT2D eigenvalue weighted by atomic mass is 16.2. The van der Waals surface area contributed by atoms with Gasteiger partial charge >= 0.3 is 0 Å². The van der Waals surface area contributed by atoms with E-state index in [4.69, 9.17) is 0 Å². The second-order valence-corrected chi connectivity index (χ2v) is 35.3. The molecule has 6 aliphatic rings. The number of benzene rings is 3. The zero-order chi connectivity index (χ0) is 76.3. The Morgan fingerprint density at radius 1 is 0.442 bits per heavy atom. The van der Waals surface area contributed by atoms with E-state index in [0.29, 0.717) is 18.5 Å². The van der Waals surface area contributed by atoms with E-state index in [-0.39, 0.29) is 63.5 Å². The number of aromatic nitrogens is 1. The van der Waals surface area contributed by atoms with Gasteiger partial charge in [0.1, 0.15) is 5.82 Å². The Bertz CT molecular complexity index is 3290. The fraction of sp³-hybridized carbons (Fsp3) is 0.656. The molecular formula is C90H144N10O4. The first-order chi connectivity index (χ1) is 48.3. The second kappa shape index (κ2) is 42.1. The second-order valence-electron chi connectivity index (χ2n) is 35.3. The minimum atomic E-state index is -0.00189. The van der Waals surface area contributed by atoms with Crippen molar-refractivity contribution in [1.82, 2.24) is 44.6 Å². The Morgan fingerprint density at radius 3 is 1.20 bits per heavy atom. The third kappa shape index (κ3) is 31.9. The van der Waals surface area contributed by atoms with E-state index in [1.54, 1.807) is 6.92 Å². The van der Waals surface area contributed by atoms with Crippen molar-refractivity contribution in [3.63, 3.8) is 0 Å². The predicted octanol–water partition coefficient (Wildman–Crippen LogP) is 16.8. The summed E-state index contributed by atoms with van der Waals surface area (Å²) in [6, 6.07) is 29.0. The Balaban J connectivity index is 0.000000265. The molecule has 6 saturated heterocycles. The third-order valence-electron chi connectivity index (χ3n) is 20.1. The van der Waals surface area contributed by atoms with Gasteiger partial charge in [0.2, 0.25) is 5.91 Å². The number of likely N-dealkylation sites (N-methyl/N-ethyl adjacent to an activating group) is 2. The summed E-state index contributed by atoms with van der Waals surface area (Å²) in [4.78, 5) is 70.2. The lowest BCUT2D eigenvalue weighted by molar-refractivity contribution is -0.136. The van der Waals surface area contributed by atoms with Gasteiger partial charge in [-0.3, -0.25) is 29.0 Å². The molecule has 4 aromatic rings. The van der Waals surface area contributed by atoms with Gasteiger partial charge in [0.15, 0.2) is 0 Å². The monoisotopic (exact) mass is 1430 g/mol.